The van der Waals surface area contributed by atoms with Crippen molar-refractivity contribution in [3.05, 3.63) is 45.6 Å². The summed E-state index contributed by atoms with van der Waals surface area (Å²) in [6.07, 6.45) is 1.10. The molecule has 6 nitrogen and oxygen atoms in total. The van der Waals surface area contributed by atoms with Gasteiger partial charge in [0.2, 0.25) is 0 Å². The molecule has 2 heterocycles. The molecule has 158 valence electrons. The van der Waals surface area contributed by atoms with Crippen molar-refractivity contribution < 1.29 is 9.47 Å². The number of nitrogens with one attached hydrogen (secondary N) is 2. The van der Waals surface area contributed by atoms with Crippen LogP contribution in [0.15, 0.2) is 34.6 Å². The molecule has 0 spiro atoms. The summed E-state index contributed by atoms with van der Waals surface area (Å²) in [5, 5.41) is 9.12. The normalized spacial score (nSPS) is 17.4. The minimum absolute atomic E-state index is 0.393. The Morgan fingerprint density at radius 1 is 1.24 bits per heavy atom. The molecule has 2 aromatic rings. The van der Waals surface area contributed by atoms with Gasteiger partial charge in [-0.1, -0.05) is 0 Å². The molecule has 1 aromatic heterocycles. The fourth-order valence-electron chi connectivity index (χ4n) is 3.54. The Kier molecular flexibility index (Phi) is 7.77. The van der Waals surface area contributed by atoms with E-state index in [1.165, 1.54) is 16.0 Å². The van der Waals surface area contributed by atoms with E-state index in [0.29, 0.717) is 6.04 Å². The van der Waals surface area contributed by atoms with Crippen molar-refractivity contribution >= 4 is 17.3 Å². The molecule has 0 bridgehead atoms. The summed E-state index contributed by atoms with van der Waals surface area (Å²) in [4.78, 5) is 8.57. The van der Waals surface area contributed by atoms with Crippen LogP contribution in [0.25, 0.3) is 0 Å². The first-order valence-electron chi connectivity index (χ1n) is 10.1. The number of methoxy groups -OCH3 is 2. The largest absolute Gasteiger partial charge is 0.497 e. The van der Waals surface area contributed by atoms with E-state index in [4.69, 9.17) is 14.5 Å². The second-order valence-corrected chi connectivity index (χ2v) is 8.31. The monoisotopic (exact) mass is 416 g/mol. The molecule has 0 saturated carbocycles. The van der Waals surface area contributed by atoms with E-state index in [9.17, 15) is 0 Å². The number of thiophene rings is 1. The second-order valence-electron chi connectivity index (χ2n) is 7.31. The molecular weight excluding hydrogens is 384 g/mol. The zero-order valence-electron chi connectivity index (χ0n) is 17.8. The molecule has 0 radical (unpaired) electrons. The van der Waals surface area contributed by atoms with Gasteiger partial charge in [-0.15, -0.1) is 11.3 Å². The fraction of sp³-hybridized carbons (Fsp3) is 0.500. The van der Waals surface area contributed by atoms with Gasteiger partial charge in [-0.2, -0.15) is 0 Å². The van der Waals surface area contributed by atoms with Crippen molar-refractivity contribution in [2.75, 3.05) is 33.9 Å². The summed E-state index contributed by atoms with van der Waals surface area (Å²) < 4.78 is 10.8. The molecule has 0 aliphatic carbocycles. The molecule has 7 heteroatoms. The van der Waals surface area contributed by atoms with Crippen LogP contribution in [0.5, 0.6) is 11.5 Å². The van der Waals surface area contributed by atoms with Gasteiger partial charge >= 0.3 is 0 Å². The van der Waals surface area contributed by atoms with Gasteiger partial charge in [0.15, 0.2) is 5.96 Å². The number of aliphatic imine (C=N–C) groups is 1. The lowest BCUT2D eigenvalue weighted by Crippen LogP contribution is -2.44. The van der Waals surface area contributed by atoms with Gasteiger partial charge in [0.25, 0.3) is 0 Å². The quantitative estimate of drug-likeness (QED) is 0.510. The first-order chi connectivity index (χ1) is 14.1. The molecule has 2 N–H and O–H groups in total. The third kappa shape index (κ3) is 6.11. The maximum atomic E-state index is 5.39. The number of guanidine groups is 1. The first-order valence-corrected chi connectivity index (χ1v) is 11.0. The number of hydrogen-bond donors (Lipinski definition) is 2. The van der Waals surface area contributed by atoms with Crippen LogP contribution >= 0.6 is 11.3 Å². The van der Waals surface area contributed by atoms with Crippen LogP contribution in [-0.2, 0) is 13.1 Å². The minimum Gasteiger partial charge on any atom is -0.497 e. The summed E-state index contributed by atoms with van der Waals surface area (Å²) in [6.45, 7) is 8.75. The highest BCUT2D eigenvalue weighted by molar-refractivity contribution is 7.10. The molecule has 1 fully saturated rings. The summed E-state index contributed by atoms with van der Waals surface area (Å²) in [5.41, 5.74) is 2.52. The van der Waals surface area contributed by atoms with Crippen molar-refractivity contribution in [2.45, 2.75) is 39.4 Å². The highest BCUT2D eigenvalue weighted by atomic mass is 32.1. The van der Waals surface area contributed by atoms with Gasteiger partial charge in [-0.05, 0) is 55.0 Å². The Bertz CT molecular complexity index is 799. The number of ether oxygens (including phenoxy) is 2. The van der Waals surface area contributed by atoms with Crippen LogP contribution in [0.3, 0.4) is 0 Å². The van der Waals surface area contributed by atoms with Gasteiger partial charge in [0.1, 0.15) is 11.5 Å². The van der Waals surface area contributed by atoms with E-state index < -0.39 is 0 Å². The van der Waals surface area contributed by atoms with E-state index >= 15 is 0 Å². The van der Waals surface area contributed by atoms with Crippen LogP contribution in [0, 0.1) is 6.92 Å². The maximum Gasteiger partial charge on any atom is 0.191 e. The standard InChI is InChI=1S/C22H32N4O2S/c1-5-23-22(24-13-21-16(2)7-9-29-21)25-18-6-8-26(15-18)14-17-10-19(27-3)12-20(11-17)28-4/h7,9-12,18H,5-6,8,13-15H2,1-4H3,(H2,23,24,25). The summed E-state index contributed by atoms with van der Waals surface area (Å²) >= 11 is 1.77. The number of nitrogens with zero attached hydrogens (tertiary/aromatic N) is 2. The molecule has 1 saturated heterocycles. The van der Waals surface area contributed by atoms with E-state index in [1.54, 1.807) is 25.6 Å². The molecule has 1 aliphatic heterocycles. The number of rotatable bonds is 8. The number of aryl methyl sites for hydroxylation is 1. The topological polar surface area (TPSA) is 58.1 Å². The van der Waals surface area contributed by atoms with Crippen molar-refractivity contribution in [3.8, 4) is 11.5 Å². The van der Waals surface area contributed by atoms with Gasteiger partial charge < -0.3 is 20.1 Å². The van der Waals surface area contributed by atoms with E-state index in [0.717, 1.165) is 56.6 Å². The van der Waals surface area contributed by atoms with Crippen molar-refractivity contribution in [1.29, 1.82) is 0 Å². The summed E-state index contributed by atoms with van der Waals surface area (Å²) in [7, 11) is 3.38. The molecule has 1 aliphatic rings. The van der Waals surface area contributed by atoms with Gasteiger partial charge in [0, 0.05) is 43.2 Å². The minimum atomic E-state index is 0.393. The van der Waals surface area contributed by atoms with Crippen LogP contribution in [0.2, 0.25) is 0 Å². The van der Waals surface area contributed by atoms with Crippen LogP contribution < -0.4 is 20.1 Å². The van der Waals surface area contributed by atoms with Gasteiger partial charge in [0.05, 0.1) is 20.8 Å². The lowest BCUT2D eigenvalue weighted by molar-refractivity contribution is 0.321. The highest BCUT2D eigenvalue weighted by Crippen LogP contribution is 2.24. The van der Waals surface area contributed by atoms with Crippen LogP contribution in [0.4, 0.5) is 0 Å². The molecule has 1 aromatic carbocycles. The Hall–Kier alpha value is -2.25. The highest BCUT2D eigenvalue weighted by Gasteiger charge is 2.23. The molecule has 1 atom stereocenters. The van der Waals surface area contributed by atoms with E-state index in [-0.39, 0.29) is 0 Å². The molecular formula is C22H32N4O2S. The lowest BCUT2D eigenvalue weighted by atomic mass is 10.2. The number of benzene rings is 1. The predicted octanol–water partition coefficient (Wildman–Crippen LogP) is 3.40. The average molecular weight is 417 g/mol. The SMILES string of the molecule is CCNC(=NCc1sccc1C)NC1CCN(Cc2cc(OC)cc(OC)c2)C1. The third-order valence-corrected chi connectivity index (χ3v) is 6.13. The van der Waals surface area contributed by atoms with Gasteiger partial charge in [-0.25, -0.2) is 4.99 Å². The van der Waals surface area contributed by atoms with Crippen molar-refractivity contribution in [2.24, 2.45) is 4.99 Å². The first kappa shape index (κ1) is 21.5. The van der Waals surface area contributed by atoms with Crippen LogP contribution in [-0.4, -0.2) is 50.8 Å². The Balaban J connectivity index is 1.57. The Morgan fingerprint density at radius 3 is 2.62 bits per heavy atom. The Morgan fingerprint density at radius 2 is 2.00 bits per heavy atom. The maximum absolute atomic E-state index is 5.39. The zero-order valence-corrected chi connectivity index (χ0v) is 18.6. The lowest BCUT2D eigenvalue weighted by Gasteiger charge is -2.19. The van der Waals surface area contributed by atoms with E-state index in [2.05, 4.69) is 53.0 Å². The molecule has 0 amide bonds. The van der Waals surface area contributed by atoms with Crippen LogP contribution in [0.1, 0.15) is 29.3 Å². The Labute approximate surface area is 177 Å². The van der Waals surface area contributed by atoms with Crippen molar-refractivity contribution in [3.63, 3.8) is 0 Å². The zero-order chi connectivity index (χ0) is 20.6. The third-order valence-electron chi connectivity index (χ3n) is 5.12. The molecule has 1 unspecified atom stereocenters. The number of hydrogen-bond acceptors (Lipinski definition) is 5. The fourth-order valence-corrected chi connectivity index (χ4v) is 4.37. The van der Waals surface area contributed by atoms with Gasteiger partial charge in [-0.3, -0.25) is 4.90 Å². The second kappa shape index (κ2) is 10.5. The predicted molar refractivity (Wildman–Crippen MR) is 120 cm³/mol. The van der Waals surface area contributed by atoms with E-state index in [1.807, 2.05) is 6.07 Å². The summed E-state index contributed by atoms with van der Waals surface area (Å²) in [6, 6.07) is 8.62. The number of likely N-dealkylation sites (tertiary alicyclic amines) is 1. The average Bonchev–Trinajstić information content (AvgIpc) is 3.34. The molecule has 3 rings (SSSR count). The summed E-state index contributed by atoms with van der Waals surface area (Å²) in [5.74, 6) is 2.56. The van der Waals surface area contributed by atoms with Crippen molar-refractivity contribution in [1.82, 2.24) is 15.5 Å². The smallest absolute Gasteiger partial charge is 0.191 e. The molecule has 29 heavy (non-hydrogen) atoms.